The Hall–Kier alpha value is -4.42. The number of hydrogen-bond donors (Lipinski definition) is 2. The van der Waals surface area contributed by atoms with E-state index < -0.39 is 24.9 Å². The van der Waals surface area contributed by atoms with Crippen molar-refractivity contribution in [1.82, 2.24) is 24.7 Å². The highest BCUT2D eigenvalue weighted by Gasteiger charge is 2.28. The zero-order chi connectivity index (χ0) is 24.4. The van der Waals surface area contributed by atoms with Gasteiger partial charge in [0.2, 0.25) is 0 Å². The third-order valence-corrected chi connectivity index (χ3v) is 4.92. The zero-order valence-electron chi connectivity index (χ0n) is 17.8. The summed E-state index contributed by atoms with van der Waals surface area (Å²) in [6.07, 6.45) is -2.43. The first-order valence-electron chi connectivity index (χ1n) is 9.92. The van der Waals surface area contributed by atoms with E-state index in [1.165, 1.54) is 10.7 Å². The van der Waals surface area contributed by atoms with Crippen LogP contribution in [0, 0.1) is 5.82 Å². The highest BCUT2D eigenvalue weighted by atomic mass is 19.3. The average Bonchev–Trinajstić information content (AvgIpc) is 3.17. The number of benzene rings is 1. The van der Waals surface area contributed by atoms with Crippen molar-refractivity contribution < 1.29 is 22.7 Å². The molecule has 3 aromatic heterocycles. The Morgan fingerprint density at radius 2 is 1.85 bits per heavy atom. The Bertz CT molecular complexity index is 1340. The molecule has 0 atom stereocenters. The van der Waals surface area contributed by atoms with Crippen LogP contribution < -0.4 is 16.4 Å². The lowest BCUT2D eigenvalue weighted by Gasteiger charge is -2.22. The molecule has 4 N–H and O–H groups in total. The van der Waals surface area contributed by atoms with Crippen molar-refractivity contribution >= 4 is 34.4 Å². The number of anilines is 3. The van der Waals surface area contributed by atoms with Gasteiger partial charge in [-0.15, -0.1) is 0 Å². The van der Waals surface area contributed by atoms with E-state index in [0.29, 0.717) is 21.5 Å². The van der Waals surface area contributed by atoms with Gasteiger partial charge >= 0.3 is 6.09 Å². The van der Waals surface area contributed by atoms with E-state index in [2.05, 4.69) is 24.8 Å². The molecule has 0 unspecified atom stereocenters. The fourth-order valence-corrected chi connectivity index (χ4v) is 3.45. The Morgan fingerprint density at radius 3 is 2.50 bits per heavy atom. The summed E-state index contributed by atoms with van der Waals surface area (Å²) in [5.41, 5.74) is 12.8. The second-order valence-electron chi connectivity index (χ2n) is 7.11. The predicted octanol–water partition coefficient (Wildman–Crippen LogP) is 3.08. The second-order valence-corrected chi connectivity index (χ2v) is 7.11. The predicted molar refractivity (Wildman–Crippen MR) is 119 cm³/mol. The summed E-state index contributed by atoms with van der Waals surface area (Å²) in [7, 11) is 1.03. The standard InChI is InChI=1S/C21H19F3N8O2/c1-34-21(33)31(10-14(23)24)16-17(25)28-19(29-18(16)26)15-12-6-4-8-27-20(12)32(30-15)9-11-5-2-3-7-13(11)22/h2-8,14H,9-10H2,1H3,(H4,25,26,28,29). The van der Waals surface area contributed by atoms with Crippen LogP contribution >= 0.6 is 0 Å². The summed E-state index contributed by atoms with van der Waals surface area (Å²) in [4.78, 5) is 25.2. The molecule has 0 saturated carbocycles. The van der Waals surface area contributed by atoms with Crippen LogP contribution in [-0.4, -0.2) is 50.9 Å². The SMILES string of the molecule is COC(=O)N(CC(F)F)c1c(N)nc(-c2nn(Cc3ccccc3F)c3ncccc23)nc1N. The van der Waals surface area contributed by atoms with E-state index in [1.54, 1.807) is 36.5 Å². The lowest BCUT2D eigenvalue weighted by molar-refractivity contribution is 0.142. The van der Waals surface area contributed by atoms with Gasteiger partial charge in [-0.05, 0) is 18.2 Å². The van der Waals surface area contributed by atoms with Crippen LogP contribution in [0.15, 0.2) is 42.6 Å². The molecule has 176 valence electrons. The molecule has 1 aromatic carbocycles. The number of ether oxygens (including phenoxy) is 1. The average molecular weight is 472 g/mol. The quantitative estimate of drug-likeness (QED) is 0.437. The van der Waals surface area contributed by atoms with Gasteiger partial charge in [0.15, 0.2) is 23.1 Å². The summed E-state index contributed by atoms with van der Waals surface area (Å²) < 4.78 is 46.3. The monoisotopic (exact) mass is 472 g/mol. The summed E-state index contributed by atoms with van der Waals surface area (Å²) in [5.74, 6) is -1.07. The lowest BCUT2D eigenvalue weighted by atomic mass is 10.2. The highest BCUT2D eigenvalue weighted by molar-refractivity contribution is 5.96. The Kier molecular flexibility index (Phi) is 6.17. The fourth-order valence-electron chi connectivity index (χ4n) is 3.45. The van der Waals surface area contributed by atoms with E-state index in [-0.39, 0.29) is 35.4 Å². The Labute approximate surface area is 191 Å². The van der Waals surface area contributed by atoms with E-state index in [9.17, 15) is 18.0 Å². The molecule has 13 heteroatoms. The number of amides is 1. The van der Waals surface area contributed by atoms with Gasteiger partial charge in [0.25, 0.3) is 6.43 Å². The number of hydrogen-bond acceptors (Lipinski definition) is 8. The maximum Gasteiger partial charge on any atom is 0.414 e. The van der Waals surface area contributed by atoms with Crippen LogP contribution in [0.4, 0.5) is 35.3 Å². The molecule has 0 saturated heterocycles. The van der Waals surface area contributed by atoms with Gasteiger partial charge < -0.3 is 16.2 Å². The number of methoxy groups -OCH3 is 1. The van der Waals surface area contributed by atoms with Crippen LogP contribution in [0.1, 0.15) is 5.56 Å². The number of nitrogen functional groups attached to an aromatic ring is 2. The molecule has 0 spiro atoms. The van der Waals surface area contributed by atoms with Crippen LogP contribution in [-0.2, 0) is 11.3 Å². The van der Waals surface area contributed by atoms with Gasteiger partial charge in [0, 0.05) is 11.8 Å². The number of aromatic nitrogens is 5. The Balaban J connectivity index is 1.81. The molecular weight excluding hydrogens is 453 g/mol. The van der Waals surface area contributed by atoms with E-state index in [4.69, 9.17) is 11.5 Å². The minimum atomic E-state index is -2.89. The first-order chi connectivity index (χ1) is 16.3. The maximum atomic E-state index is 14.2. The van der Waals surface area contributed by atoms with Crippen LogP contribution in [0.2, 0.25) is 0 Å². The normalized spacial score (nSPS) is 11.2. The van der Waals surface area contributed by atoms with Gasteiger partial charge in [-0.2, -0.15) is 5.10 Å². The number of nitrogens with zero attached hydrogens (tertiary/aromatic N) is 6. The molecule has 0 fully saturated rings. The van der Waals surface area contributed by atoms with Crippen molar-refractivity contribution in [2.24, 2.45) is 0 Å². The van der Waals surface area contributed by atoms with Crippen molar-refractivity contribution in [3.63, 3.8) is 0 Å². The number of nitrogens with two attached hydrogens (primary N) is 2. The topological polar surface area (TPSA) is 138 Å². The number of rotatable bonds is 6. The van der Waals surface area contributed by atoms with E-state index in [1.807, 2.05) is 0 Å². The molecule has 1 amide bonds. The van der Waals surface area contributed by atoms with Crippen molar-refractivity contribution in [2.75, 3.05) is 30.0 Å². The van der Waals surface area contributed by atoms with Crippen molar-refractivity contribution in [3.8, 4) is 11.5 Å². The smallest absolute Gasteiger partial charge is 0.414 e. The number of pyridine rings is 1. The number of carbonyl (C=O) groups excluding carboxylic acids is 1. The number of alkyl halides is 2. The van der Waals surface area contributed by atoms with Gasteiger partial charge in [-0.1, -0.05) is 18.2 Å². The largest absolute Gasteiger partial charge is 0.452 e. The number of carbonyl (C=O) groups is 1. The molecule has 3 heterocycles. The van der Waals surface area contributed by atoms with Crippen molar-refractivity contribution in [2.45, 2.75) is 13.0 Å². The molecule has 0 aliphatic carbocycles. The second kappa shape index (κ2) is 9.21. The highest BCUT2D eigenvalue weighted by Crippen LogP contribution is 2.33. The summed E-state index contributed by atoms with van der Waals surface area (Å²) in [6, 6.07) is 9.63. The van der Waals surface area contributed by atoms with Crippen LogP contribution in [0.25, 0.3) is 22.6 Å². The van der Waals surface area contributed by atoms with Crippen molar-refractivity contribution in [1.29, 1.82) is 0 Å². The molecule has 10 nitrogen and oxygen atoms in total. The van der Waals surface area contributed by atoms with E-state index >= 15 is 0 Å². The fraction of sp³-hybridized carbons (Fsp3) is 0.190. The zero-order valence-corrected chi connectivity index (χ0v) is 17.8. The van der Waals surface area contributed by atoms with Gasteiger partial charge in [-0.25, -0.2) is 37.6 Å². The molecule has 0 radical (unpaired) electrons. The first-order valence-corrected chi connectivity index (χ1v) is 9.92. The van der Waals surface area contributed by atoms with Crippen LogP contribution in [0.5, 0.6) is 0 Å². The third-order valence-electron chi connectivity index (χ3n) is 4.92. The van der Waals surface area contributed by atoms with Gasteiger partial charge in [0.05, 0.1) is 25.6 Å². The molecule has 0 bridgehead atoms. The van der Waals surface area contributed by atoms with Gasteiger partial charge in [0.1, 0.15) is 17.2 Å². The molecule has 0 aliphatic rings. The Morgan fingerprint density at radius 1 is 1.15 bits per heavy atom. The minimum Gasteiger partial charge on any atom is -0.452 e. The molecule has 4 aromatic rings. The van der Waals surface area contributed by atoms with Crippen LogP contribution in [0.3, 0.4) is 0 Å². The molecule has 4 rings (SSSR count). The first kappa shape index (κ1) is 22.8. The number of fused-ring (bicyclic) bond motifs is 1. The van der Waals surface area contributed by atoms with Gasteiger partial charge in [-0.3, -0.25) is 4.90 Å². The summed E-state index contributed by atoms with van der Waals surface area (Å²) >= 11 is 0. The van der Waals surface area contributed by atoms with Crippen molar-refractivity contribution in [3.05, 3.63) is 54.0 Å². The third kappa shape index (κ3) is 4.27. The summed E-state index contributed by atoms with van der Waals surface area (Å²) in [5, 5.41) is 5.01. The molecule has 0 aliphatic heterocycles. The lowest BCUT2D eigenvalue weighted by Crippen LogP contribution is -2.36. The summed E-state index contributed by atoms with van der Waals surface area (Å²) in [6.45, 7) is -0.943. The minimum absolute atomic E-state index is 0.0223. The van der Waals surface area contributed by atoms with E-state index in [0.717, 1.165) is 7.11 Å². The molecular formula is C21H19F3N8O2. The number of halogens is 3. The maximum absolute atomic E-state index is 14.2. The molecule has 34 heavy (non-hydrogen) atoms.